The summed E-state index contributed by atoms with van der Waals surface area (Å²) in [6.45, 7) is 1.86. The number of benzene rings is 1. The van der Waals surface area contributed by atoms with Crippen molar-refractivity contribution in [2.45, 2.75) is 6.92 Å². The Labute approximate surface area is 117 Å². The summed E-state index contributed by atoms with van der Waals surface area (Å²) in [5, 5.41) is 9.74. The van der Waals surface area contributed by atoms with Crippen molar-refractivity contribution >= 4 is 11.9 Å². The third-order valence-corrected chi connectivity index (χ3v) is 2.93. The predicted octanol–water partition coefficient (Wildman–Crippen LogP) is 1.28. The highest BCUT2D eigenvalue weighted by Crippen LogP contribution is 2.24. The number of carbonyl (C=O) groups excluding carboxylic acids is 2. The molecule has 0 aliphatic heterocycles. The number of rotatable bonds is 5. The van der Waals surface area contributed by atoms with Gasteiger partial charge in [-0.15, -0.1) is 0 Å². The van der Waals surface area contributed by atoms with Gasteiger partial charge in [0.15, 0.2) is 0 Å². The van der Waals surface area contributed by atoms with E-state index in [0.717, 1.165) is 0 Å². The Bertz CT molecular complexity index is 500. The summed E-state index contributed by atoms with van der Waals surface area (Å²) in [6, 6.07) is 4.41. The van der Waals surface area contributed by atoms with Crippen LogP contribution in [0.5, 0.6) is 11.5 Å². The summed E-state index contributed by atoms with van der Waals surface area (Å²) in [5.74, 6) is -0.882. The second-order valence-corrected chi connectivity index (χ2v) is 4.49. The molecule has 1 aromatic carbocycles. The summed E-state index contributed by atoms with van der Waals surface area (Å²) in [6.07, 6.45) is 0. The van der Waals surface area contributed by atoms with Gasteiger partial charge in [0, 0.05) is 13.6 Å². The van der Waals surface area contributed by atoms with Gasteiger partial charge in [-0.3, -0.25) is 9.59 Å². The van der Waals surface area contributed by atoms with Crippen molar-refractivity contribution in [3.8, 4) is 11.5 Å². The number of carbonyl (C=O) groups is 2. The van der Waals surface area contributed by atoms with Gasteiger partial charge in [-0.1, -0.05) is 6.92 Å². The van der Waals surface area contributed by atoms with Gasteiger partial charge in [0.25, 0.3) is 5.91 Å². The molecular weight excluding hydrogens is 262 g/mol. The molecule has 1 rings (SSSR count). The zero-order chi connectivity index (χ0) is 15.3. The average molecular weight is 281 g/mol. The van der Waals surface area contributed by atoms with Crippen LogP contribution in [-0.2, 0) is 9.53 Å². The molecule has 1 atom stereocenters. The quantitative estimate of drug-likeness (QED) is 0.823. The standard InChI is InChI=1S/C14H19NO5/c1-9(14(18)20-4)8-15(2)13(17)11-7-10(19-3)5-6-12(11)16/h5-7,9,16H,8H2,1-4H3. The highest BCUT2D eigenvalue weighted by Gasteiger charge is 2.21. The zero-order valence-electron chi connectivity index (χ0n) is 12.0. The van der Waals surface area contributed by atoms with Gasteiger partial charge in [-0.25, -0.2) is 0 Å². The highest BCUT2D eigenvalue weighted by atomic mass is 16.5. The summed E-state index contributed by atoms with van der Waals surface area (Å²) in [7, 11) is 4.33. The van der Waals surface area contributed by atoms with Gasteiger partial charge in [0.05, 0.1) is 25.7 Å². The van der Waals surface area contributed by atoms with Crippen LogP contribution in [0.25, 0.3) is 0 Å². The fourth-order valence-electron chi connectivity index (χ4n) is 1.79. The molecule has 0 radical (unpaired) electrons. The molecule has 6 nitrogen and oxygen atoms in total. The smallest absolute Gasteiger partial charge is 0.310 e. The lowest BCUT2D eigenvalue weighted by atomic mass is 10.1. The fraction of sp³-hybridized carbons (Fsp3) is 0.429. The number of methoxy groups -OCH3 is 2. The molecule has 0 heterocycles. The number of hydrogen-bond donors (Lipinski definition) is 1. The number of hydrogen-bond acceptors (Lipinski definition) is 5. The molecule has 0 saturated heterocycles. The summed E-state index contributed by atoms with van der Waals surface area (Å²) < 4.78 is 9.63. The van der Waals surface area contributed by atoms with Crippen LogP contribution in [0, 0.1) is 5.92 Å². The van der Waals surface area contributed by atoms with E-state index in [1.807, 2.05) is 0 Å². The van der Waals surface area contributed by atoms with Crippen LogP contribution in [0.4, 0.5) is 0 Å². The summed E-state index contributed by atoms with van der Waals surface area (Å²) in [5.41, 5.74) is 0.129. The van der Waals surface area contributed by atoms with Crippen molar-refractivity contribution in [1.29, 1.82) is 0 Å². The van der Waals surface area contributed by atoms with Gasteiger partial charge in [0.2, 0.25) is 0 Å². The van der Waals surface area contributed by atoms with E-state index in [2.05, 4.69) is 4.74 Å². The number of amides is 1. The monoisotopic (exact) mass is 281 g/mol. The number of ether oxygens (including phenoxy) is 2. The molecule has 1 amide bonds. The number of nitrogens with zero attached hydrogens (tertiary/aromatic N) is 1. The first-order valence-corrected chi connectivity index (χ1v) is 6.11. The van der Waals surface area contributed by atoms with Gasteiger partial charge in [-0.2, -0.15) is 0 Å². The number of esters is 1. The topological polar surface area (TPSA) is 76.1 Å². The largest absolute Gasteiger partial charge is 0.507 e. The minimum Gasteiger partial charge on any atom is -0.507 e. The lowest BCUT2D eigenvalue weighted by Gasteiger charge is -2.21. The second-order valence-electron chi connectivity index (χ2n) is 4.49. The first-order chi connectivity index (χ1) is 9.40. The normalized spacial score (nSPS) is 11.6. The summed E-state index contributed by atoms with van der Waals surface area (Å²) >= 11 is 0. The number of aromatic hydroxyl groups is 1. The van der Waals surface area contributed by atoms with E-state index in [4.69, 9.17) is 4.74 Å². The van der Waals surface area contributed by atoms with Crippen molar-refractivity contribution in [1.82, 2.24) is 4.90 Å². The minimum atomic E-state index is -0.443. The molecule has 0 bridgehead atoms. The molecule has 0 fully saturated rings. The Kier molecular flexibility index (Phi) is 5.37. The Balaban J connectivity index is 2.86. The van der Waals surface area contributed by atoms with E-state index < -0.39 is 11.8 Å². The summed E-state index contributed by atoms with van der Waals surface area (Å²) in [4.78, 5) is 24.9. The van der Waals surface area contributed by atoms with Gasteiger partial charge < -0.3 is 19.5 Å². The van der Waals surface area contributed by atoms with Crippen molar-refractivity contribution in [2.75, 3.05) is 27.8 Å². The Morgan fingerprint density at radius 2 is 2.00 bits per heavy atom. The molecule has 1 N–H and O–H groups in total. The Hall–Kier alpha value is -2.24. The molecule has 20 heavy (non-hydrogen) atoms. The van der Waals surface area contributed by atoms with Crippen LogP contribution in [0.3, 0.4) is 0 Å². The van der Waals surface area contributed by atoms with Crippen molar-refractivity contribution in [2.24, 2.45) is 5.92 Å². The van der Waals surface area contributed by atoms with E-state index >= 15 is 0 Å². The molecule has 1 unspecified atom stereocenters. The van der Waals surface area contributed by atoms with Crippen molar-refractivity contribution in [3.05, 3.63) is 23.8 Å². The molecule has 0 saturated carbocycles. The fourth-order valence-corrected chi connectivity index (χ4v) is 1.79. The predicted molar refractivity (Wildman–Crippen MR) is 72.8 cm³/mol. The van der Waals surface area contributed by atoms with E-state index in [9.17, 15) is 14.7 Å². The van der Waals surface area contributed by atoms with Crippen molar-refractivity contribution < 1.29 is 24.2 Å². The van der Waals surface area contributed by atoms with Crippen LogP contribution in [0.1, 0.15) is 17.3 Å². The van der Waals surface area contributed by atoms with Crippen LogP contribution in [0.2, 0.25) is 0 Å². The highest BCUT2D eigenvalue weighted by molar-refractivity contribution is 5.97. The van der Waals surface area contributed by atoms with Crippen LogP contribution in [-0.4, -0.2) is 49.7 Å². The number of phenolic OH excluding ortho intramolecular Hbond substituents is 1. The van der Waals surface area contributed by atoms with Crippen LogP contribution >= 0.6 is 0 Å². The second kappa shape index (κ2) is 6.79. The maximum absolute atomic E-state index is 12.2. The maximum Gasteiger partial charge on any atom is 0.310 e. The average Bonchev–Trinajstić information content (AvgIpc) is 2.45. The molecule has 0 aliphatic carbocycles. The molecule has 110 valence electrons. The van der Waals surface area contributed by atoms with Gasteiger partial charge in [0.1, 0.15) is 11.5 Å². The first-order valence-electron chi connectivity index (χ1n) is 6.11. The van der Waals surface area contributed by atoms with E-state index in [1.165, 1.54) is 31.3 Å². The lowest BCUT2D eigenvalue weighted by Crippen LogP contribution is -2.34. The molecule has 0 spiro atoms. The SMILES string of the molecule is COC(=O)C(C)CN(C)C(=O)c1cc(OC)ccc1O. The molecule has 6 heteroatoms. The Morgan fingerprint density at radius 1 is 1.35 bits per heavy atom. The van der Waals surface area contributed by atoms with E-state index in [1.54, 1.807) is 20.0 Å². The molecular formula is C14H19NO5. The number of phenols is 1. The molecule has 1 aromatic rings. The minimum absolute atomic E-state index is 0.129. The maximum atomic E-state index is 12.2. The van der Waals surface area contributed by atoms with Gasteiger partial charge in [-0.05, 0) is 18.2 Å². The van der Waals surface area contributed by atoms with E-state index in [-0.39, 0.29) is 23.8 Å². The Morgan fingerprint density at radius 3 is 2.55 bits per heavy atom. The molecule has 0 aromatic heterocycles. The van der Waals surface area contributed by atoms with Crippen LogP contribution in [0.15, 0.2) is 18.2 Å². The van der Waals surface area contributed by atoms with Gasteiger partial charge >= 0.3 is 5.97 Å². The zero-order valence-corrected chi connectivity index (χ0v) is 12.0. The van der Waals surface area contributed by atoms with Crippen LogP contribution < -0.4 is 4.74 Å². The molecule has 0 aliphatic rings. The third kappa shape index (κ3) is 3.63. The third-order valence-electron chi connectivity index (χ3n) is 2.93. The van der Waals surface area contributed by atoms with Crippen molar-refractivity contribution in [3.63, 3.8) is 0 Å². The van der Waals surface area contributed by atoms with E-state index in [0.29, 0.717) is 5.75 Å². The lowest BCUT2D eigenvalue weighted by molar-refractivity contribution is -0.145. The first kappa shape index (κ1) is 15.8.